The van der Waals surface area contributed by atoms with Crippen LogP contribution in [-0.2, 0) is 4.43 Å². The molecule has 0 amide bonds. The molecule has 0 saturated heterocycles. The Balaban J connectivity index is 2.67. The SMILES string of the molecule is CC(C)(C)[Si](C)(C)OC[C@H]([C@H](O)C1CCCCC1)[N+](=O)[O-]. The fourth-order valence-corrected chi connectivity index (χ4v) is 3.60. The van der Waals surface area contributed by atoms with E-state index < -0.39 is 20.5 Å². The summed E-state index contributed by atoms with van der Waals surface area (Å²) in [6.07, 6.45) is 4.21. The Morgan fingerprint density at radius 1 is 1.29 bits per heavy atom. The average molecular weight is 318 g/mol. The molecule has 0 unspecified atom stereocenters. The lowest BCUT2D eigenvalue weighted by Crippen LogP contribution is -2.48. The summed E-state index contributed by atoms with van der Waals surface area (Å²) in [6.45, 7) is 10.5. The van der Waals surface area contributed by atoms with Crippen LogP contribution in [0.3, 0.4) is 0 Å². The summed E-state index contributed by atoms with van der Waals surface area (Å²) in [6, 6.07) is -0.998. The fraction of sp³-hybridized carbons (Fsp3) is 1.00. The van der Waals surface area contributed by atoms with Crippen LogP contribution in [0, 0.1) is 16.0 Å². The number of aliphatic hydroxyl groups is 1. The maximum Gasteiger partial charge on any atom is 0.260 e. The van der Waals surface area contributed by atoms with Gasteiger partial charge in [-0.05, 0) is 36.9 Å². The van der Waals surface area contributed by atoms with Crippen LogP contribution in [0.15, 0.2) is 0 Å². The molecule has 5 nitrogen and oxygen atoms in total. The van der Waals surface area contributed by atoms with Gasteiger partial charge in [-0.25, -0.2) is 0 Å². The van der Waals surface area contributed by atoms with Crippen molar-refractivity contribution in [3.63, 3.8) is 0 Å². The summed E-state index contributed by atoms with van der Waals surface area (Å²) in [5.41, 5.74) is 0. The fourth-order valence-electron chi connectivity index (χ4n) is 2.58. The van der Waals surface area contributed by atoms with Gasteiger partial charge in [0.2, 0.25) is 0 Å². The molecule has 124 valence electrons. The van der Waals surface area contributed by atoms with E-state index in [-0.39, 0.29) is 22.5 Å². The Morgan fingerprint density at radius 3 is 2.24 bits per heavy atom. The van der Waals surface area contributed by atoms with E-state index in [0.717, 1.165) is 25.7 Å². The van der Waals surface area contributed by atoms with Crippen molar-refractivity contribution in [3.8, 4) is 0 Å². The van der Waals surface area contributed by atoms with Crippen molar-refractivity contribution in [2.45, 2.75) is 83.2 Å². The molecular weight excluding hydrogens is 286 g/mol. The molecule has 1 N–H and O–H groups in total. The first kappa shape index (κ1) is 18.6. The van der Waals surface area contributed by atoms with Crippen molar-refractivity contribution in [2.24, 2.45) is 5.92 Å². The van der Waals surface area contributed by atoms with Crippen LogP contribution >= 0.6 is 0 Å². The molecule has 0 aliphatic heterocycles. The standard InChI is InChI=1S/C15H31NO4Si/c1-15(2,3)21(4,5)20-11-13(16(18)19)14(17)12-9-7-6-8-10-12/h12-14,17H,6-11H2,1-5H3/t13-,14-/m1/s1. The van der Waals surface area contributed by atoms with Crippen LogP contribution < -0.4 is 0 Å². The maximum absolute atomic E-state index is 11.3. The summed E-state index contributed by atoms with van der Waals surface area (Å²) in [7, 11) is -2.02. The molecule has 0 radical (unpaired) electrons. The molecule has 0 aromatic heterocycles. The highest BCUT2D eigenvalue weighted by Gasteiger charge is 2.42. The van der Waals surface area contributed by atoms with Gasteiger partial charge in [-0.3, -0.25) is 10.1 Å². The second-order valence-corrected chi connectivity index (χ2v) is 12.6. The first-order chi connectivity index (χ1) is 9.56. The minimum atomic E-state index is -2.02. The van der Waals surface area contributed by atoms with Gasteiger partial charge in [0, 0.05) is 4.92 Å². The molecule has 1 aliphatic rings. The first-order valence-corrected chi connectivity index (χ1v) is 10.9. The van der Waals surface area contributed by atoms with Gasteiger partial charge < -0.3 is 9.53 Å². The Labute approximate surface area is 129 Å². The van der Waals surface area contributed by atoms with E-state index in [1.165, 1.54) is 6.42 Å². The third-order valence-electron chi connectivity index (χ3n) is 5.22. The molecule has 0 aromatic carbocycles. The van der Waals surface area contributed by atoms with Crippen molar-refractivity contribution in [1.82, 2.24) is 0 Å². The molecule has 1 saturated carbocycles. The third-order valence-corrected chi connectivity index (χ3v) is 9.72. The first-order valence-electron chi connectivity index (χ1n) is 8.02. The minimum absolute atomic E-state index is 0.0178. The Morgan fingerprint density at radius 2 is 1.81 bits per heavy atom. The highest BCUT2D eigenvalue weighted by atomic mass is 28.4. The van der Waals surface area contributed by atoms with Gasteiger partial charge in [-0.15, -0.1) is 0 Å². The van der Waals surface area contributed by atoms with Gasteiger partial charge in [0.25, 0.3) is 6.04 Å². The predicted octanol–water partition coefficient (Wildman–Crippen LogP) is 3.59. The number of hydrogen-bond acceptors (Lipinski definition) is 4. The van der Waals surface area contributed by atoms with Crippen LogP contribution in [0.1, 0.15) is 52.9 Å². The zero-order chi connectivity index (χ0) is 16.3. The Bertz CT molecular complexity index is 348. The van der Waals surface area contributed by atoms with E-state index in [1.807, 2.05) is 0 Å². The Kier molecular flexibility index (Phi) is 6.37. The van der Waals surface area contributed by atoms with Crippen LogP contribution in [0.2, 0.25) is 18.1 Å². The number of aliphatic hydroxyl groups excluding tert-OH is 1. The quantitative estimate of drug-likeness (QED) is 0.461. The molecule has 21 heavy (non-hydrogen) atoms. The van der Waals surface area contributed by atoms with E-state index in [1.54, 1.807) is 0 Å². The van der Waals surface area contributed by atoms with Crippen LogP contribution in [0.5, 0.6) is 0 Å². The number of hydrogen-bond donors (Lipinski definition) is 1. The van der Waals surface area contributed by atoms with Gasteiger partial charge in [-0.1, -0.05) is 40.0 Å². The molecule has 2 atom stereocenters. The molecule has 0 spiro atoms. The highest BCUT2D eigenvalue weighted by Crippen LogP contribution is 2.37. The molecule has 1 rings (SSSR count). The number of nitrogens with zero attached hydrogens (tertiary/aromatic N) is 1. The summed E-state index contributed by atoms with van der Waals surface area (Å²) in [4.78, 5) is 11.0. The van der Waals surface area contributed by atoms with Crippen LogP contribution in [-0.4, -0.2) is 37.1 Å². The van der Waals surface area contributed by atoms with Crippen molar-refractivity contribution >= 4 is 8.32 Å². The lowest BCUT2D eigenvalue weighted by Gasteiger charge is -2.37. The maximum atomic E-state index is 11.3. The number of nitro groups is 1. The van der Waals surface area contributed by atoms with E-state index in [2.05, 4.69) is 33.9 Å². The molecule has 1 aliphatic carbocycles. The smallest absolute Gasteiger partial charge is 0.260 e. The van der Waals surface area contributed by atoms with Gasteiger partial charge in [0.1, 0.15) is 12.7 Å². The molecular formula is C15H31NO4Si. The van der Waals surface area contributed by atoms with Gasteiger partial charge >= 0.3 is 0 Å². The third kappa shape index (κ3) is 5.04. The van der Waals surface area contributed by atoms with Gasteiger partial charge in [0.05, 0.1) is 0 Å². The summed E-state index contributed by atoms with van der Waals surface area (Å²) in [5, 5.41) is 21.7. The molecule has 1 fully saturated rings. The normalized spacial score (nSPS) is 21.0. The largest absolute Gasteiger partial charge is 0.410 e. The lowest BCUT2D eigenvalue weighted by molar-refractivity contribution is -0.539. The lowest BCUT2D eigenvalue weighted by atomic mass is 9.83. The van der Waals surface area contributed by atoms with Crippen LogP contribution in [0.25, 0.3) is 0 Å². The number of rotatable bonds is 6. The van der Waals surface area contributed by atoms with Crippen molar-refractivity contribution in [2.75, 3.05) is 6.61 Å². The van der Waals surface area contributed by atoms with Gasteiger partial charge in [-0.2, -0.15) is 0 Å². The highest BCUT2D eigenvalue weighted by molar-refractivity contribution is 6.74. The van der Waals surface area contributed by atoms with Gasteiger partial charge in [0.15, 0.2) is 8.32 Å². The summed E-state index contributed by atoms with van der Waals surface area (Å²) < 4.78 is 5.97. The van der Waals surface area contributed by atoms with Crippen LogP contribution in [0.4, 0.5) is 0 Å². The predicted molar refractivity (Wildman–Crippen MR) is 86.5 cm³/mol. The van der Waals surface area contributed by atoms with Crippen molar-refractivity contribution in [3.05, 3.63) is 10.1 Å². The molecule has 0 heterocycles. The van der Waals surface area contributed by atoms with Crippen molar-refractivity contribution in [1.29, 1.82) is 0 Å². The summed E-state index contributed by atoms with van der Waals surface area (Å²) in [5.74, 6) is 0.0529. The second-order valence-electron chi connectivity index (χ2n) is 7.81. The Hall–Kier alpha value is -0.463. The van der Waals surface area contributed by atoms with Crippen molar-refractivity contribution < 1.29 is 14.5 Å². The topological polar surface area (TPSA) is 72.6 Å². The molecule has 0 aromatic rings. The zero-order valence-electron chi connectivity index (χ0n) is 14.1. The van der Waals surface area contributed by atoms with E-state index >= 15 is 0 Å². The van der Waals surface area contributed by atoms with E-state index in [0.29, 0.717) is 0 Å². The second kappa shape index (κ2) is 7.20. The monoisotopic (exact) mass is 317 g/mol. The molecule has 6 heteroatoms. The molecule has 0 bridgehead atoms. The zero-order valence-corrected chi connectivity index (χ0v) is 15.1. The minimum Gasteiger partial charge on any atom is -0.410 e. The summed E-state index contributed by atoms with van der Waals surface area (Å²) >= 11 is 0. The van der Waals surface area contributed by atoms with E-state index in [9.17, 15) is 15.2 Å². The average Bonchev–Trinajstić information content (AvgIpc) is 2.37. The van der Waals surface area contributed by atoms with E-state index in [4.69, 9.17) is 4.43 Å².